The van der Waals surface area contributed by atoms with E-state index in [9.17, 15) is 20.1 Å². The molecule has 9 heteroatoms. The molecule has 4 aromatic carbocycles. The van der Waals surface area contributed by atoms with Crippen LogP contribution in [0.15, 0.2) is 82.0 Å². The van der Waals surface area contributed by atoms with Gasteiger partial charge in [0.25, 0.3) is 0 Å². The quantitative estimate of drug-likeness (QED) is 0.193. The lowest BCUT2D eigenvalue weighted by Gasteiger charge is -2.11. The van der Waals surface area contributed by atoms with E-state index in [1.54, 1.807) is 53.1 Å². The fraction of sp³-hybridized carbons (Fsp3) is 0.194. The van der Waals surface area contributed by atoms with Gasteiger partial charge in [-0.3, -0.25) is 4.57 Å². The van der Waals surface area contributed by atoms with Crippen LogP contribution in [-0.4, -0.2) is 34.1 Å². The van der Waals surface area contributed by atoms with E-state index in [1.807, 2.05) is 38.1 Å². The summed E-state index contributed by atoms with van der Waals surface area (Å²) in [5.41, 5.74) is 5.94. The minimum atomic E-state index is -0.400. The van der Waals surface area contributed by atoms with Crippen LogP contribution in [0.3, 0.4) is 0 Å². The zero-order valence-corrected chi connectivity index (χ0v) is 22.8. The third kappa shape index (κ3) is 6.50. The van der Waals surface area contributed by atoms with Crippen LogP contribution in [-0.2, 0) is 13.1 Å². The summed E-state index contributed by atoms with van der Waals surface area (Å²) in [7, 11) is 3.00. The molecule has 9 nitrogen and oxygen atoms in total. The first-order valence-electron chi connectivity index (χ1n) is 12.5. The number of anilines is 1. The van der Waals surface area contributed by atoms with Gasteiger partial charge in [0, 0.05) is 6.54 Å². The Hall–Kier alpha value is -5.05. The molecular weight excluding hydrogens is 512 g/mol. The van der Waals surface area contributed by atoms with Gasteiger partial charge in [-0.25, -0.2) is 4.79 Å². The molecule has 40 heavy (non-hydrogen) atoms. The molecule has 1 heterocycles. The number of aromatic nitrogens is 1. The first-order chi connectivity index (χ1) is 19.2. The maximum absolute atomic E-state index is 12.0. The third-order valence-corrected chi connectivity index (χ3v) is 6.29. The van der Waals surface area contributed by atoms with E-state index in [1.165, 1.54) is 14.2 Å². The van der Waals surface area contributed by atoms with Crippen molar-refractivity contribution >= 4 is 16.8 Å². The molecule has 0 atom stereocenters. The Morgan fingerprint density at radius 3 is 2.00 bits per heavy atom. The largest absolute Gasteiger partial charge is 0.506 e. The highest BCUT2D eigenvalue weighted by molar-refractivity contribution is 5.73. The van der Waals surface area contributed by atoms with Gasteiger partial charge in [-0.2, -0.15) is 0 Å². The number of phenols is 3. The first-order valence-corrected chi connectivity index (χ1v) is 12.5. The van der Waals surface area contributed by atoms with Crippen LogP contribution in [0.5, 0.6) is 28.7 Å². The van der Waals surface area contributed by atoms with Crippen molar-refractivity contribution in [3.63, 3.8) is 0 Å². The van der Waals surface area contributed by atoms with Gasteiger partial charge >= 0.3 is 5.76 Å². The first kappa shape index (κ1) is 28.0. The van der Waals surface area contributed by atoms with Crippen molar-refractivity contribution in [3.8, 4) is 28.7 Å². The van der Waals surface area contributed by atoms with Crippen LogP contribution in [0.25, 0.3) is 11.1 Å². The molecule has 0 radical (unpaired) electrons. The maximum atomic E-state index is 12.0. The van der Waals surface area contributed by atoms with Crippen molar-refractivity contribution in [2.24, 2.45) is 0 Å². The molecule has 208 valence electrons. The van der Waals surface area contributed by atoms with E-state index >= 15 is 0 Å². The lowest BCUT2D eigenvalue weighted by molar-refractivity contribution is 0.372. The van der Waals surface area contributed by atoms with E-state index in [2.05, 4.69) is 5.32 Å². The number of rotatable bonds is 7. The number of methoxy groups -OCH3 is 2. The monoisotopic (exact) mass is 544 g/mol. The summed E-state index contributed by atoms with van der Waals surface area (Å²) < 4.78 is 16.9. The summed E-state index contributed by atoms with van der Waals surface area (Å²) in [5.74, 6) is 0.822. The number of phenolic OH excluding ortho intramolecular Hbond substituents is 3. The number of benzene rings is 4. The van der Waals surface area contributed by atoms with E-state index in [0.29, 0.717) is 35.9 Å². The number of nitrogens with one attached hydrogen (secondary N) is 1. The zero-order chi connectivity index (χ0) is 28.8. The Morgan fingerprint density at radius 1 is 0.750 bits per heavy atom. The highest BCUT2D eigenvalue weighted by atomic mass is 16.5. The molecule has 5 aromatic rings. The van der Waals surface area contributed by atoms with Crippen molar-refractivity contribution in [1.29, 1.82) is 0 Å². The summed E-state index contributed by atoms with van der Waals surface area (Å²) in [6, 6.07) is 21.2. The van der Waals surface area contributed by atoms with Crippen LogP contribution in [0.4, 0.5) is 5.69 Å². The molecule has 4 N–H and O–H groups in total. The Bertz CT molecular complexity index is 1690. The van der Waals surface area contributed by atoms with Crippen LogP contribution >= 0.6 is 0 Å². The van der Waals surface area contributed by atoms with E-state index in [0.717, 1.165) is 27.8 Å². The van der Waals surface area contributed by atoms with Crippen molar-refractivity contribution in [2.45, 2.75) is 26.9 Å². The minimum Gasteiger partial charge on any atom is -0.506 e. The van der Waals surface area contributed by atoms with Crippen molar-refractivity contribution in [1.82, 2.24) is 4.57 Å². The van der Waals surface area contributed by atoms with Gasteiger partial charge in [-0.1, -0.05) is 24.3 Å². The molecule has 0 aliphatic carbocycles. The van der Waals surface area contributed by atoms with E-state index in [-0.39, 0.29) is 17.2 Å². The lowest BCUT2D eigenvalue weighted by Crippen LogP contribution is -2.14. The Balaban J connectivity index is 0.000000186. The van der Waals surface area contributed by atoms with Crippen LogP contribution in [0, 0.1) is 13.8 Å². The summed E-state index contributed by atoms with van der Waals surface area (Å²) in [5, 5.41) is 32.0. The highest BCUT2D eigenvalue weighted by Gasteiger charge is 2.11. The molecule has 0 spiro atoms. The Labute approximate surface area is 231 Å². The molecular formula is C31H32N2O7. The van der Waals surface area contributed by atoms with E-state index in [4.69, 9.17) is 13.9 Å². The molecule has 5 rings (SSSR count). The zero-order valence-electron chi connectivity index (χ0n) is 22.8. The predicted molar refractivity (Wildman–Crippen MR) is 154 cm³/mol. The number of hydrogen-bond donors (Lipinski definition) is 4. The molecule has 0 unspecified atom stereocenters. The number of aromatic hydroxyl groups is 3. The molecule has 0 saturated heterocycles. The standard InChI is InChI=1S/C16H15NO4.C15H17NO3/c1-10-3-6-14-12(7-10)17(16(19)21-14)9-11-4-5-13(18)15(8-11)20-2;1-10-3-5-13(17)12(7-10)16-9-11-4-6-14(18)15(8-11)19-2/h3-8,18H,9H2,1-2H3;3-8,16-18H,9H2,1-2H3. The predicted octanol–water partition coefficient (Wildman–Crippen LogP) is 5.69. The number of nitrogens with zero attached hydrogens (tertiary/aromatic N) is 1. The molecule has 0 aliphatic rings. The fourth-order valence-electron chi connectivity index (χ4n) is 4.15. The molecule has 0 aliphatic heterocycles. The smallest absolute Gasteiger partial charge is 0.420 e. The summed E-state index contributed by atoms with van der Waals surface area (Å²) in [4.78, 5) is 12.0. The Morgan fingerprint density at radius 2 is 1.32 bits per heavy atom. The van der Waals surface area contributed by atoms with Crippen molar-refractivity contribution in [3.05, 3.63) is 106 Å². The second-order valence-corrected chi connectivity index (χ2v) is 9.31. The van der Waals surface area contributed by atoms with Gasteiger partial charge in [0.05, 0.1) is 32.0 Å². The fourth-order valence-corrected chi connectivity index (χ4v) is 4.15. The van der Waals surface area contributed by atoms with E-state index < -0.39 is 5.76 Å². The second-order valence-electron chi connectivity index (χ2n) is 9.31. The van der Waals surface area contributed by atoms with Gasteiger partial charge in [0.1, 0.15) is 5.75 Å². The Kier molecular flexibility index (Phi) is 8.54. The average Bonchev–Trinajstić information content (AvgIpc) is 3.25. The molecule has 0 fully saturated rings. The normalized spacial score (nSPS) is 10.6. The second kappa shape index (κ2) is 12.2. The lowest BCUT2D eigenvalue weighted by atomic mass is 10.1. The van der Waals surface area contributed by atoms with Gasteiger partial charge in [-0.05, 0) is 84.6 Å². The summed E-state index contributed by atoms with van der Waals surface area (Å²) >= 11 is 0. The van der Waals surface area contributed by atoms with Gasteiger partial charge in [-0.15, -0.1) is 0 Å². The highest BCUT2D eigenvalue weighted by Crippen LogP contribution is 2.29. The maximum Gasteiger partial charge on any atom is 0.420 e. The molecule has 0 bridgehead atoms. The SMILES string of the molecule is COc1cc(CNc2cc(C)ccc2O)ccc1O.COc1cc(Cn2c(=O)oc3ccc(C)cc32)ccc1O. The van der Waals surface area contributed by atoms with Crippen LogP contribution in [0.1, 0.15) is 22.3 Å². The number of fused-ring (bicyclic) bond motifs is 1. The number of oxazole rings is 1. The number of aryl methyl sites for hydroxylation is 2. The van der Waals surface area contributed by atoms with Crippen molar-refractivity contribution < 1.29 is 29.2 Å². The molecule has 1 aromatic heterocycles. The number of ether oxygens (including phenoxy) is 2. The van der Waals surface area contributed by atoms with Gasteiger partial charge in [0.15, 0.2) is 28.6 Å². The minimum absolute atomic E-state index is 0.0708. The average molecular weight is 545 g/mol. The van der Waals surface area contributed by atoms with Crippen molar-refractivity contribution in [2.75, 3.05) is 19.5 Å². The third-order valence-electron chi connectivity index (χ3n) is 6.29. The molecule has 0 amide bonds. The number of hydrogen-bond acceptors (Lipinski definition) is 8. The van der Waals surface area contributed by atoms with Crippen LogP contribution < -0.4 is 20.5 Å². The summed E-state index contributed by atoms with van der Waals surface area (Å²) in [6.45, 7) is 4.82. The van der Waals surface area contributed by atoms with Gasteiger partial charge in [0.2, 0.25) is 0 Å². The summed E-state index contributed by atoms with van der Waals surface area (Å²) in [6.07, 6.45) is 0. The van der Waals surface area contributed by atoms with Gasteiger partial charge < -0.3 is 34.5 Å². The topological polar surface area (TPSA) is 126 Å². The molecule has 0 saturated carbocycles. The van der Waals surface area contributed by atoms with Crippen LogP contribution in [0.2, 0.25) is 0 Å².